The van der Waals surface area contributed by atoms with Gasteiger partial charge in [0.2, 0.25) is 0 Å². The second-order valence-corrected chi connectivity index (χ2v) is 3.44. The van der Waals surface area contributed by atoms with Crippen LogP contribution in [0.15, 0.2) is 30.3 Å². The molecule has 16 heavy (non-hydrogen) atoms. The van der Waals surface area contributed by atoms with Gasteiger partial charge in [-0.2, -0.15) is 0 Å². The van der Waals surface area contributed by atoms with E-state index in [4.69, 9.17) is 4.74 Å². The third-order valence-electron chi connectivity index (χ3n) is 2.11. The Kier molecular flexibility index (Phi) is 6.03. The van der Waals surface area contributed by atoms with E-state index in [1.807, 2.05) is 30.3 Å². The van der Waals surface area contributed by atoms with Crippen LogP contribution in [0.5, 0.6) is 0 Å². The van der Waals surface area contributed by atoms with Crippen molar-refractivity contribution < 1.29 is 9.53 Å². The van der Waals surface area contributed by atoms with E-state index >= 15 is 0 Å². The fourth-order valence-electron chi connectivity index (χ4n) is 1.26. The molecule has 0 radical (unpaired) electrons. The van der Waals surface area contributed by atoms with E-state index in [0.29, 0.717) is 19.7 Å². The molecule has 2 N–H and O–H groups in total. The van der Waals surface area contributed by atoms with Crippen LogP contribution in [0.4, 0.5) is 4.79 Å². The summed E-state index contributed by atoms with van der Waals surface area (Å²) in [7, 11) is 1.65. The summed E-state index contributed by atoms with van der Waals surface area (Å²) in [6.07, 6.45) is 0.829. The highest BCUT2D eigenvalue weighted by atomic mass is 16.5. The van der Waals surface area contributed by atoms with Gasteiger partial charge < -0.3 is 15.4 Å². The van der Waals surface area contributed by atoms with Gasteiger partial charge in [0.15, 0.2) is 0 Å². The molecule has 0 aromatic heterocycles. The summed E-state index contributed by atoms with van der Waals surface area (Å²) in [5.74, 6) is 0. The molecule has 1 rings (SSSR count). The quantitative estimate of drug-likeness (QED) is 0.717. The van der Waals surface area contributed by atoms with Crippen molar-refractivity contribution >= 4 is 6.03 Å². The first kappa shape index (κ1) is 12.5. The molecule has 0 saturated carbocycles. The van der Waals surface area contributed by atoms with Gasteiger partial charge in [0.05, 0.1) is 0 Å². The summed E-state index contributed by atoms with van der Waals surface area (Å²) in [5, 5.41) is 5.54. The third kappa shape index (κ3) is 5.36. The summed E-state index contributed by atoms with van der Waals surface area (Å²) >= 11 is 0. The molecule has 1 aromatic rings. The van der Waals surface area contributed by atoms with Gasteiger partial charge in [-0.1, -0.05) is 30.3 Å². The highest BCUT2D eigenvalue weighted by Crippen LogP contribution is 1.96. The van der Waals surface area contributed by atoms with E-state index < -0.39 is 0 Å². The van der Waals surface area contributed by atoms with Crippen molar-refractivity contribution in [2.24, 2.45) is 0 Å². The van der Waals surface area contributed by atoms with Crippen molar-refractivity contribution in [3.05, 3.63) is 35.9 Å². The first-order valence-corrected chi connectivity index (χ1v) is 5.37. The number of urea groups is 1. The van der Waals surface area contributed by atoms with Crippen LogP contribution in [-0.2, 0) is 11.3 Å². The number of amides is 2. The number of hydrogen-bond acceptors (Lipinski definition) is 2. The molecule has 0 bridgehead atoms. The second-order valence-electron chi connectivity index (χ2n) is 3.44. The van der Waals surface area contributed by atoms with Gasteiger partial charge in [0.1, 0.15) is 0 Å². The van der Waals surface area contributed by atoms with Crippen LogP contribution in [0.25, 0.3) is 0 Å². The zero-order valence-electron chi connectivity index (χ0n) is 9.53. The van der Waals surface area contributed by atoms with Crippen LogP contribution in [0.1, 0.15) is 12.0 Å². The number of carbonyl (C=O) groups excluding carboxylic acids is 1. The lowest BCUT2D eigenvalue weighted by atomic mass is 10.2. The topological polar surface area (TPSA) is 50.4 Å². The summed E-state index contributed by atoms with van der Waals surface area (Å²) in [6, 6.07) is 9.67. The van der Waals surface area contributed by atoms with Gasteiger partial charge in [0, 0.05) is 26.8 Å². The van der Waals surface area contributed by atoms with Crippen molar-refractivity contribution in [3.8, 4) is 0 Å². The lowest BCUT2D eigenvalue weighted by Crippen LogP contribution is -2.35. The Morgan fingerprint density at radius 1 is 1.25 bits per heavy atom. The van der Waals surface area contributed by atoms with Crippen molar-refractivity contribution in [2.45, 2.75) is 13.0 Å². The average molecular weight is 222 g/mol. The summed E-state index contributed by atoms with van der Waals surface area (Å²) in [4.78, 5) is 11.3. The molecule has 0 aliphatic rings. The largest absolute Gasteiger partial charge is 0.385 e. The maximum atomic E-state index is 11.3. The number of hydrogen-bond donors (Lipinski definition) is 2. The highest BCUT2D eigenvalue weighted by molar-refractivity contribution is 5.73. The first-order valence-electron chi connectivity index (χ1n) is 5.37. The van der Waals surface area contributed by atoms with E-state index in [2.05, 4.69) is 10.6 Å². The molecule has 4 nitrogen and oxygen atoms in total. The maximum Gasteiger partial charge on any atom is 0.315 e. The van der Waals surface area contributed by atoms with Gasteiger partial charge >= 0.3 is 6.03 Å². The SMILES string of the molecule is COCCCNC(=O)NCc1ccccc1. The molecular weight excluding hydrogens is 204 g/mol. The number of rotatable bonds is 6. The van der Waals surface area contributed by atoms with Crippen LogP contribution in [0, 0.1) is 0 Å². The molecular formula is C12H18N2O2. The Balaban J connectivity index is 2.11. The number of ether oxygens (including phenoxy) is 1. The second kappa shape index (κ2) is 7.70. The molecule has 0 aliphatic heterocycles. The lowest BCUT2D eigenvalue weighted by Gasteiger charge is -2.07. The number of nitrogens with one attached hydrogen (secondary N) is 2. The summed E-state index contributed by atoms with van der Waals surface area (Å²) in [6.45, 7) is 1.85. The monoisotopic (exact) mass is 222 g/mol. The molecule has 88 valence electrons. The van der Waals surface area contributed by atoms with Crippen molar-refractivity contribution in [1.82, 2.24) is 10.6 Å². The van der Waals surface area contributed by atoms with E-state index in [1.165, 1.54) is 0 Å². The van der Waals surface area contributed by atoms with E-state index in [0.717, 1.165) is 12.0 Å². The molecule has 0 unspecified atom stereocenters. The normalized spacial score (nSPS) is 9.81. The maximum absolute atomic E-state index is 11.3. The Hall–Kier alpha value is -1.55. The van der Waals surface area contributed by atoms with E-state index in [9.17, 15) is 4.79 Å². The van der Waals surface area contributed by atoms with Gasteiger partial charge in [0.25, 0.3) is 0 Å². The molecule has 4 heteroatoms. The fourth-order valence-corrected chi connectivity index (χ4v) is 1.26. The van der Waals surface area contributed by atoms with Crippen LogP contribution < -0.4 is 10.6 Å². The van der Waals surface area contributed by atoms with Crippen LogP contribution in [-0.4, -0.2) is 26.3 Å². The van der Waals surface area contributed by atoms with E-state index in [-0.39, 0.29) is 6.03 Å². The predicted molar refractivity (Wildman–Crippen MR) is 63.2 cm³/mol. The minimum Gasteiger partial charge on any atom is -0.385 e. The van der Waals surface area contributed by atoms with Crippen LogP contribution in [0.3, 0.4) is 0 Å². The van der Waals surface area contributed by atoms with Gasteiger partial charge in [-0.25, -0.2) is 4.79 Å². The van der Waals surface area contributed by atoms with Crippen LogP contribution in [0.2, 0.25) is 0 Å². The predicted octanol–water partition coefficient (Wildman–Crippen LogP) is 1.52. The van der Waals surface area contributed by atoms with E-state index in [1.54, 1.807) is 7.11 Å². The summed E-state index contributed by atoms with van der Waals surface area (Å²) < 4.78 is 4.88. The Morgan fingerprint density at radius 3 is 2.69 bits per heavy atom. The average Bonchev–Trinajstić information content (AvgIpc) is 2.33. The minimum absolute atomic E-state index is 0.139. The smallest absolute Gasteiger partial charge is 0.315 e. The Morgan fingerprint density at radius 2 is 2.00 bits per heavy atom. The zero-order chi connectivity index (χ0) is 11.6. The minimum atomic E-state index is -0.139. The standard InChI is InChI=1S/C12H18N2O2/c1-16-9-5-8-13-12(15)14-10-11-6-3-2-4-7-11/h2-4,6-7H,5,8-10H2,1H3,(H2,13,14,15). The number of methoxy groups -OCH3 is 1. The van der Waals surface area contributed by atoms with Gasteiger partial charge in [-0.3, -0.25) is 0 Å². The third-order valence-corrected chi connectivity index (χ3v) is 2.11. The highest BCUT2D eigenvalue weighted by Gasteiger charge is 1.98. The van der Waals surface area contributed by atoms with Crippen molar-refractivity contribution in [1.29, 1.82) is 0 Å². The Bertz CT molecular complexity index is 301. The fraction of sp³-hybridized carbons (Fsp3) is 0.417. The van der Waals surface area contributed by atoms with Gasteiger partial charge in [-0.15, -0.1) is 0 Å². The van der Waals surface area contributed by atoms with Gasteiger partial charge in [-0.05, 0) is 12.0 Å². The molecule has 1 aromatic carbocycles. The number of benzene rings is 1. The Labute approximate surface area is 96.0 Å². The van der Waals surface area contributed by atoms with Crippen molar-refractivity contribution in [3.63, 3.8) is 0 Å². The molecule has 0 aliphatic carbocycles. The number of carbonyl (C=O) groups is 1. The van der Waals surface area contributed by atoms with Crippen LogP contribution >= 0.6 is 0 Å². The molecule has 0 spiro atoms. The van der Waals surface area contributed by atoms with Crippen molar-refractivity contribution in [2.75, 3.05) is 20.3 Å². The summed E-state index contributed by atoms with van der Waals surface area (Å²) in [5.41, 5.74) is 1.09. The zero-order valence-corrected chi connectivity index (χ0v) is 9.53. The molecule has 0 fully saturated rings. The lowest BCUT2D eigenvalue weighted by molar-refractivity contribution is 0.193. The molecule has 0 heterocycles. The molecule has 0 atom stereocenters. The molecule has 2 amide bonds. The molecule has 0 saturated heterocycles. The first-order chi connectivity index (χ1) is 7.83.